The van der Waals surface area contributed by atoms with E-state index in [1.807, 2.05) is 41.4 Å². The first kappa shape index (κ1) is 35.4. The van der Waals surface area contributed by atoms with Gasteiger partial charge in [-0.25, -0.2) is 0 Å². The van der Waals surface area contributed by atoms with Crippen LogP contribution in [0.25, 0.3) is 0 Å². The Balaban J connectivity index is 5.22. The second-order valence-corrected chi connectivity index (χ2v) is 13.5. The van der Waals surface area contributed by atoms with Crippen molar-refractivity contribution >= 4 is 47.8 Å². The van der Waals surface area contributed by atoms with E-state index in [1.54, 1.807) is 7.06 Å². The average Bonchev–Trinajstić information content (AvgIpc) is 2.81. The van der Waals surface area contributed by atoms with Crippen molar-refractivity contribution in [3.8, 4) is 0 Å². The number of rotatable bonds is 19. The maximum absolute atomic E-state index is 13.9. The molecular weight excluding hydrogens is 434 g/mol. The maximum Gasteiger partial charge on any atom is 0.141 e. The van der Waals surface area contributed by atoms with E-state index in [9.17, 15) is 9.59 Å². The zero-order chi connectivity index (χ0) is 28.4. The largest absolute Gasteiger partial charge is 0.303 e. The van der Waals surface area contributed by atoms with E-state index in [1.165, 1.54) is 31.3 Å². The molecule has 0 aromatic heterocycles. The Hall–Kier alpha value is -0.595. The molecule has 0 fully saturated rings. The molecule has 0 aliphatic rings. The number of aldehydes is 1. The molecule has 0 aromatic carbocycles. The summed E-state index contributed by atoms with van der Waals surface area (Å²) in [5.74, 6) is 1.33. The lowest BCUT2D eigenvalue weighted by molar-refractivity contribution is -0.134. The lowest BCUT2D eigenvalue weighted by atomic mass is 9.08. The first-order valence-corrected chi connectivity index (χ1v) is 14.4. The van der Waals surface area contributed by atoms with Gasteiger partial charge in [0.05, 0.1) is 13.2 Å². The zero-order valence-corrected chi connectivity index (χ0v) is 25.7. The first-order valence-electron chi connectivity index (χ1n) is 14.4. The van der Waals surface area contributed by atoms with E-state index in [2.05, 4.69) is 41.2 Å². The minimum Gasteiger partial charge on any atom is -0.303 e. The molecule has 0 rings (SSSR count). The Kier molecular flexibility index (Phi) is 15.5. The van der Waals surface area contributed by atoms with Crippen LogP contribution in [0.4, 0.5) is 0 Å². The number of hydrogen-bond acceptors (Lipinski definition) is 2. The topological polar surface area (TPSA) is 34.1 Å². The van der Waals surface area contributed by atoms with E-state index in [4.69, 9.17) is 15.5 Å². The third-order valence-electron chi connectivity index (χ3n) is 9.31. The third kappa shape index (κ3) is 10.3. The zero-order valence-electron chi connectivity index (χ0n) is 25.7. The van der Waals surface area contributed by atoms with Gasteiger partial charge in [-0.15, -0.1) is 6.58 Å². The van der Waals surface area contributed by atoms with Gasteiger partial charge >= 0.3 is 0 Å². The fourth-order valence-electron chi connectivity index (χ4n) is 6.56. The number of allylic oxidation sites excluding steroid dienone is 1. The van der Waals surface area contributed by atoms with Gasteiger partial charge in [-0.05, 0) is 37.4 Å². The molecule has 7 heteroatoms. The standard InChI is InChI=1S/C29H54B5O2/c1-20(2)15-13-14-16-21(3)17-18-22(4)34(31)25(7)23(5)24(6)26(36)29(10,11)27(33(12)32-30)28(8,9)19-35/h19,21-25,27H,1,13-18H2,2-12H3. The molecule has 0 amide bonds. The van der Waals surface area contributed by atoms with Crippen molar-refractivity contribution in [1.82, 2.24) is 0 Å². The molecular formula is C29H54B5O2. The van der Waals surface area contributed by atoms with Crippen LogP contribution in [0, 0.1) is 28.6 Å². The smallest absolute Gasteiger partial charge is 0.141 e. The Morgan fingerprint density at radius 2 is 1.58 bits per heavy atom. The second kappa shape index (κ2) is 15.7. The van der Waals surface area contributed by atoms with Crippen molar-refractivity contribution in [2.75, 3.05) is 0 Å². The molecule has 0 heterocycles. The van der Waals surface area contributed by atoms with Gasteiger partial charge in [0.1, 0.15) is 12.1 Å². The molecule has 5 radical (unpaired) electrons. The van der Waals surface area contributed by atoms with Gasteiger partial charge in [0.15, 0.2) is 0 Å². The Bertz CT molecular complexity index is 693. The van der Waals surface area contributed by atoms with Gasteiger partial charge in [0.2, 0.25) is 0 Å². The summed E-state index contributed by atoms with van der Waals surface area (Å²) in [5.41, 5.74) is -0.0750. The molecule has 0 N–H and O–H groups in total. The number of Topliss-reactive ketones (excluding diaryl/α,β-unsaturated/α-hetero) is 1. The highest BCUT2D eigenvalue weighted by atomic mass is 16.1. The van der Waals surface area contributed by atoms with Gasteiger partial charge in [-0.1, -0.05) is 112 Å². The van der Waals surface area contributed by atoms with Crippen LogP contribution in [-0.4, -0.2) is 47.8 Å². The first-order chi connectivity index (χ1) is 16.4. The molecule has 0 aliphatic carbocycles. The molecule has 6 atom stereocenters. The van der Waals surface area contributed by atoms with Crippen molar-refractivity contribution in [3.05, 3.63) is 12.2 Å². The highest BCUT2D eigenvalue weighted by Crippen LogP contribution is 2.49. The van der Waals surface area contributed by atoms with Crippen molar-refractivity contribution in [1.29, 1.82) is 0 Å². The normalized spacial score (nSPS) is 17.3. The highest BCUT2D eigenvalue weighted by Gasteiger charge is 2.49. The van der Waals surface area contributed by atoms with Crippen molar-refractivity contribution in [2.24, 2.45) is 28.6 Å². The second-order valence-electron chi connectivity index (χ2n) is 13.5. The van der Waals surface area contributed by atoms with E-state index >= 15 is 0 Å². The van der Waals surface area contributed by atoms with Crippen molar-refractivity contribution in [2.45, 2.75) is 132 Å². The summed E-state index contributed by atoms with van der Waals surface area (Å²) in [6.45, 7) is 26.9. The summed E-state index contributed by atoms with van der Waals surface area (Å²) in [6.07, 6.45) is 8.18. The Morgan fingerprint density at radius 1 is 1.03 bits per heavy atom. The predicted molar refractivity (Wildman–Crippen MR) is 166 cm³/mol. The quantitative estimate of drug-likeness (QED) is 0.0824. The SMILES string of the molecule is [B][B]B(C)C(C(C)(C)C=O)C(C)(C)C(=O)C(C)C(C)C(C)B([B])C(C)CCC(C)CCCCC(=C)C. The summed E-state index contributed by atoms with van der Waals surface area (Å²) < 4.78 is 0. The van der Waals surface area contributed by atoms with Crippen LogP contribution in [0.15, 0.2) is 12.2 Å². The molecule has 36 heavy (non-hydrogen) atoms. The van der Waals surface area contributed by atoms with Crippen LogP contribution in [0.1, 0.15) is 108 Å². The molecule has 0 saturated heterocycles. The Morgan fingerprint density at radius 3 is 2.06 bits per heavy atom. The molecule has 197 valence electrons. The third-order valence-corrected chi connectivity index (χ3v) is 9.31. The molecule has 2 nitrogen and oxygen atoms in total. The predicted octanol–water partition coefficient (Wildman–Crippen LogP) is 7.35. The van der Waals surface area contributed by atoms with Crippen molar-refractivity contribution < 1.29 is 9.59 Å². The lowest BCUT2D eigenvalue weighted by Crippen LogP contribution is -2.50. The van der Waals surface area contributed by atoms with E-state index < -0.39 is 10.8 Å². The number of ketones is 1. The van der Waals surface area contributed by atoms with E-state index in [0.717, 1.165) is 19.1 Å². The minimum absolute atomic E-state index is 0.0486. The molecule has 0 saturated carbocycles. The van der Waals surface area contributed by atoms with Crippen LogP contribution in [0.2, 0.25) is 24.3 Å². The lowest BCUT2D eigenvalue weighted by Gasteiger charge is -2.46. The number of hydrogen-bond donors (Lipinski definition) is 0. The molecule has 0 aromatic rings. The van der Waals surface area contributed by atoms with Crippen LogP contribution >= 0.6 is 0 Å². The van der Waals surface area contributed by atoms with Gasteiger partial charge in [-0.2, -0.15) is 0 Å². The minimum atomic E-state index is -0.692. The van der Waals surface area contributed by atoms with Crippen LogP contribution in [0.5, 0.6) is 0 Å². The monoisotopic (exact) mass is 489 g/mol. The number of unbranched alkanes of at least 4 members (excludes halogenated alkanes) is 1. The summed E-state index contributed by atoms with van der Waals surface area (Å²) in [5, 5.41) is 0. The van der Waals surface area contributed by atoms with Crippen molar-refractivity contribution in [3.63, 3.8) is 0 Å². The maximum atomic E-state index is 13.9. The fraction of sp³-hybridized carbons (Fsp3) is 0.862. The van der Waals surface area contributed by atoms with E-state index in [0.29, 0.717) is 11.7 Å². The summed E-state index contributed by atoms with van der Waals surface area (Å²) in [6, 6.07) is 0. The molecule has 6 unspecified atom stereocenters. The van der Waals surface area contributed by atoms with E-state index in [-0.39, 0.29) is 42.5 Å². The molecule has 0 spiro atoms. The summed E-state index contributed by atoms with van der Waals surface area (Å²) >= 11 is 0. The van der Waals surface area contributed by atoms with Crippen LogP contribution in [0.3, 0.4) is 0 Å². The average molecular weight is 489 g/mol. The summed E-state index contributed by atoms with van der Waals surface area (Å²) in [4.78, 5) is 25.9. The molecule has 0 aliphatic heterocycles. The van der Waals surface area contributed by atoms with Gasteiger partial charge in [0.25, 0.3) is 0 Å². The Labute approximate surface area is 229 Å². The fourth-order valence-corrected chi connectivity index (χ4v) is 6.56. The number of carbonyl (C=O) groups excluding carboxylic acids is 2. The van der Waals surface area contributed by atoms with Crippen LogP contribution in [-0.2, 0) is 9.59 Å². The molecule has 0 bridgehead atoms. The highest BCUT2D eigenvalue weighted by molar-refractivity contribution is 7.31. The van der Waals surface area contributed by atoms with Gasteiger partial charge in [-0.3, -0.25) is 4.79 Å². The van der Waals surface area contributed by atoms with Gasteiger partial charge < -0.3 is 4.79 Å². The number of carbonyl (C=O) groups is 2. The summed E-state index contributed by atoms with van der Waals surface area (Å²) in [7, 11) is 14.3. The van der Waals surface area contributed by atoms with Crippen LogP contribution < -0.4 is 0 Å². The van der Waals surface area contributed by atoms with Gasteiger partial charge in [0, 0.05) is 39.3 Å².